The van der Waals surface area contributed by atoms with Gasteiger partial charge in [0.1, 0.15) is 10.6 Å². The monoisotopic (exact) mass is 580 g/mol. The number of ether oxygens (including phenoxy) is 1. The Balaban J connectivity index is 1.58. The van der Waals surface area contributed by atoms with Crippen LogP contribution in [0.4, 0.5) is 16.3 Å². The van der Waals surface area contributed by atoms with E-state index in [-0.39, 0.29) is 27.6 Å². The van der Waals surface area contributed by atoms with E-state index in [0.717, 1.165) is 0 Å². The molecule has 2 aliphatic rings. The number of nitrogens with one attached hydrogen (secondary N) is 2. The van der Waals surface area contributed by atoms with E-state index in [0.29, 0.717) is 67.7 Å². The summed E-state index contributed by atoms with van der Waals surface area (Å²) >= 11 is 6.36. The number of hydrogen-bond donors (Lipinski definition) is 2. The fourth-order valence-corrected chi connectivity index (χ4v) is 7.31. The third-order valence-electron chi connectivity index (χ3n) is 7.15. The topological polar surface area (TPSA) is 137 Å². The van der Waals surface area contributed by atoms with E-state index in [2.05, 4.69) is 15.5 Å². The highest BCUT2D eigenvalue weighted by Crippen LogP contribution is 2.56. The van der Waals surface area contributed by atoms with Gasteiger partial charge in [-0.2, -0.15) is 5.26 Å². The van der Waals surface area contributed by atoms with Gasteiger partial charge in [0.05, 0.1) is 46.5 Å². The van der Waals surface area contributed by atoms with Crippen LogP contribution in [0.3, 0.4) is 0 Å². The summed E-state index contributed by atoms with van der Waals surface area (Å²) in [5.41, 5.74) is 1.96. The molecular formula is C28H29ClN6O4S. The molecule has 1 aromatic heterocycles. The van der Waals surface area contributed by atoms with Crippen molar-refractivity contribution in [2.45, 2.75) is 42.4 Å². The predicted molar refractivity (Wildman–Crippen MR) is 152 cm³/mol. The smallest absolute Gasteiger partial charge is 0.319 e. The molecule has 1 saturated heterocycles. The molecule has 0 unspecified atom stereocenters. The largest absolute Gasteiger partial charge is 0.377 e. The second-order valence-electron chi connectivity index (χ2n) is 9.87. The number of halogens is 1. The summed E-state index contributed by atoms with van der Waals surface area (Å²) in [6, 6.07) is 14.8. The molecule has 208 valence electrons. The van der Waals surface area contributed by atoms with Gasteiger partial charge in [-0.05, 0) is 69.2 Å². The van der Waals surface area contributed by atoms with Gasteiger partial charge in [0, 0.05) is 30.4 Å². The zero-order valence-corrected chi connectivity index (χ0v) is 23.7. The molecular weight excluding hydrogens is 552 g/mol. The molecule has 1 saturated carbocycles. The van der Waals surface area contributed by atoms with E-state index in [1.165, 1.54) is 18.2 Å². The van der Waals surface area contributed by atoms with Gasteiger partial charge in [-0.25, -0.2) is 23.2 Å². The number of amides is 2. The molecule has 1 aliphatic carbocycles. The second-order valence-corrected chi connectivity index (χ2v) is 12.5. The Kier molecular flexibility index (Phi) is 7.68. The minimum Gasteiger partial charge on any atom is -0.377 e. The third-order valence-corrected chi connectivity index (χ3v) is 10.2. The van der Waals surface area contributed by atoms with Crippen LogP contribution in [0.15, 0.2) is 53.4 Å². The zero-order valence-electron chi connectivity index (χ0n) is 22.1. The normalized spacial score (nSPS) is 18.1. The summed E-state index contributed by atoms with van der Waals surface area (Å²) in [6.45, 7) is 6.03. The van der Waals surface area contributed by atoms with Crippen molar-refractivity contribution in [1.29, 1.82) is 5.26 Å². The molecule has 1 atom stereocenters. The van der Waals surface area contributed by atoms with Crippen molar-refractivity contribution in [3.63, 3.8) is 0 Å². The van der Waals surface area contributed by atoms with Gasteiger partial charge in [0.2, 0.25) is 0 Å². The van der Waals surface area contributed by atoms with Crippen LogP contribution in [0.5, 0.6) is 0 Å². The maximum atomic E-state index is 14.0. The van der Waals surface area contributed by atoms with Crippen LogP contribution < -0.4 is 15.5 Å². The first-order valence-corrected chi connectivity index (χ1v) is 14.9. The summed E-state index contributed by atoms with van der Waals surface area (Å²) in [7, 11) is -3.95. The maximum absolute atomic E-state index is 14.0. The van der Waals surface area contributed by atoms with Crippen LogP contribution in [-0.2, 0) is 19.3 Å². The van der Waals surface area contributed by atoms with Gasteiger partial charge in [-0.15, -0.1) is 0 Å². The molecule has 2 fully saturated rings. The molecule has 3 aromatic rings. The Labute approximate surface area is 238 Å². The minimum absolute atomic E-state index is 0.0110. The summed E-state index contributed by atoms with van der Waals surface area (Å²) in [5, 5.41) is 14.7. The Morgan fingerprint density at radius 1 is 1.20 bits per heavy atom. The first-order valence-electron chi connectivity index (χ1n) is 13.0. The van der Waals surface area contributed by atoms with Crippen molar-refractivity contribution in [1.82, 2.24) is 15.3 Å². The summed E-state index contributed by atoms with van der Waals surface area (Å²) in [5.74, 6) is 0.996. The van der Waals surface area contributed by atoms with Crippen LogP contribution in [0.1, 0.15) is 37.9 Å². The van der Waals surface area contributed by atoms with Gasteiger partial charge in [0.25, 0.3) is 0 Å². The van der Waals surface area contributed by atoms with E-state index < -0.39 is 14.6 Å². The Hall–Kier alpha value is -3.72. The number of carbonyl (C=O) groups is 1. The maximum Gasteiger partial charge on any atom is 0.319 e. The minimum atomic E-state index is -3.95. The van der Waals surface area contributed by atoms with E-state index in [1.54, 1.807) is 30.3 Å². The zero-order chi connectivity index (χ0) is 28.5. The van der Waals surface area contributed by atoms with Crippen LogP contribution >= 0.6 is 11.6 Å². The van der Waals surface area contributed by atoms with Gasteiger partial charge in [-0.3, -0.25) is 0 Å². The van der Waals surface area contributed by atoms with Gasteiger partial charge in [-0.1, -0.05) is 11.6 Å². The van der Waals surface area contributed by atoms with Crippen LogP contribution in [-0.4, -0.2) is 56.8 Å². The lowest BCUT2D eigenvalue weighted by atomic mass is 10.1. The second kappa shape index (κ2) is 11.0. The number of benzene rings is 2. The average molecular weight is 581 g/mol. The highest BCUT2D eigenvalue weighted by Gasteiger charge is 2.58. The molecule has 40 heavy (non-hydrogen) atoms. The fraction of sp³-hybridized carbons (Fsp3) is 0.357. The van der Waals surface area contributed by atoms with Crippen LogP contribution in [0.25, 0.3) is 11.4 Å². The predicted octanol–water partition coefficient (Wildman–Crippen LogP) is 4.50. The fourth-order valence-electron chi connectivity index (χ4n) is 4.82. The molecule has 10 nitrogen and oxygen atoms in total. The molecule has 2 N–H and O–H groups in total. The van der Waals surface area contributed by atoms with Crippen molar-refractivity contribution in [3.05, 3.63) is 64.8 Å². The van der Waals surface area contributed by atoms with Crippen molar-refractivity contribution in [3.8, 4) is 17.5 Å². The molecule has 0 radical (unpaired) electrons. The van der Waals surface area contributed by atoms with Crippen molar-refractivity contribution >= 4 is 39.0 Å². The SMILES string of the molecule is CCNC(=O)Nc1ccc(-c2nc(N3CCOC[C@@H]3C)cc(C3(S(=O)(=O)c4ccc(C#N)cc4Cl)CC3)n2)cc1. The number of aromatic nitrogens is 2. The van der Waals surface area contributed by atoms with E-state index in [9.17, 15) is 18.5 Å². The van der Waals surface area contributed by atoms with E-state index >= 15 is 0 Å². The molecule has 12 heteroatoms. The van der Waals surface area contributed by atoms with Gasteiger partial charge in [0.15, 0.2) is 15.7 Å². The third kappa shape index (κ3) is 5.22. The van der Waals surface area contributed by atoms with Crippen LogP contribution in [0.2, 0.25) is 5.02 Å². The van der Waals surface area contributed by atoms with E-state index in [1.807, 2.05) is 19.9 Å². The summed E-state index contributed by atoms with van der Waals surface area (Å²) in [4.78, 5) is 23.6. The Bertz CT molecular complexity index is 1590. The number of carbonyl (C=O) groups excluding carboxylic acids is 1. The Morgan fingerprint density at radius 2 is 1.95 bits per heavy atom. The number of morpholine rings is 1. The highest BCUT2D eigenvalue weighted by atomic mass is 35.5. The first-order chi connectivity index (χ1) is 19.2. The molecule has 2 heterocycles. The molecule has 2 amide bonds. The first kappa shape index (κ1) is 27.8. The quantitative estimate of drug-likeness (QED) is 0.417. The van der Waals surface area contributed by atoms with Gasteiger partial charge >= 0.3 is 6.03 Å². The number of rotatable bonds is 7. The molecule has 1 aliphatic heterocycles. The molecule has 5 rings (SSSR count). The lowest BCUT2D eigenvalue weighted by Gasteiger charge is -2.34. The number of urea groups is 1. The van der Waals surface area contributed by atoms with Crippen molar-refractivity contribution < 1.29 is 17.9 Å². The number of hydrogen-bond acceptors (Lipinski definition) is 8. The lowest BCUT2D eigenvalue weighted by molar-refractivity contribution is 0.0985. The average Bonchev–Trinajstić information content (AvgIpc) is 3.76. The lowest BCUT2D eigenvalue weighted by Crippen LogP contribution is -2.44. The number of nitrogens with zero attached hydrogens (tertiary/aromatic N) is 4. The molecule has 0 bridgehead atoms. The van der Waals surface area contributed by atoms with Crippen LogP contribution in [0, 0.1) is 11.3 Å². The number of sulfone groups is 1. The molecule has 0 spiro atoms. The highest BCUT2D eigenvalue weighted by molar-refractivity contribution is 7.92. The van der Waals surface area contributed by atoms with E-state index in [4.69, 9.17) is 26.3 Å². The van der Waals surface area contributed by atoms with Crippen molar-refractivity contribution in [2.24, 2.45) is 0 Å². The summed E-state index contributed by atoms with van der Waals surface area (Å²) < 4.78 is 32.4. The number of anilines is 2. The van der Waals surface area contributed by atoms with Crippen molar-refractivity contribution in [2.75, 3.05) is 36.5 Å². The standard InChI is InChI=1S/C28H29ClN6O4S/c1-3-31-27(36)32-21-7-5-20(6-8-21)26-33-24(15-25(34-26)35-12-13-39-17-18(35)2)28(10-11-28)40(37,38)23-9-4-19(16-30)14-22(23)29/h4-9,14-15,18H,3,10-13,17H2,1-2H3,(H2,31,32,36)/t18-/m0/s1. The molecule has 2 aromatic carbocycles. The number of nitriles is 1. The summed E-state index contributed by atoms with van der Waals surface area (Å²) in [6.07, 6.45) is 0.769. The Morgan fingerprint density at radius 3 is 2.58 bits per heavy atom. The van der Waals surface area contributed by atoms with Gasteiger partial charge < -0.3 is 20.3 Å².